The molecule has 0 saturated carbocycles. The van der Waals surface area contributed by atoms with Gasteiger partial charge in [0.2, 0.25) is 5.91 Å². The van der Waals surface area contributed by atoms with Crippen LogP contribution in [-0.4, -0.2) is 30.3 Å². The van der Waals surface area contributed by atoms with E-state index < -0.39 is 6.10 Å². The molecule has 0 aromatic heterocycles. The van der Waals surface area contributed by atoms with Gasteiger partial charge in [0.15, 0.2) is 0 Å². The number of hydrogen-bond donors (Lipinski definition) is 2. The minimum atomic E-state index is -0.695. The maximum absolute atomic E-state index is 12.4. The van der Waals surface area contributed by atoms with E-state index in [0.717, 1.165) is 42.0 Å². The molecule has 0 bridgehead atoms. The minimum absolute atomic E-state index is 0.00546. The van der Waals surface area contributed by atoms with Crippen molar-refractivity contribution < 1.29 is 14.6 Å². The van der Waals surface area contributed by atoms with E-state index in [1.165, 1.54) is 0 Å². The molecule has 2 aromatic carbocycles. The lowest BCUT2D eigenvalue weighted by Crippen LogP contribution is -2.38. The van der Waals surface area contributed by atoms with Gasteiger partial charge in [0.1, 0.15) is 0 Å². The molecule has 1 fully saturated rings. The molecule has 134 valence electrons. The van der Waals surface area contributed by atoms with Crippen LogP contribution in [0.15, 0.2) is 42.5 Å². The summed E-state index contributed by atoms with van der Waals surface area (Å²) in [6, 6.07) is 14.0. The average molecular weight is 341 g/mol. The molecule has 1 saturated heterocycles. The summed E-state index contributed by atoms with van der Waals surface area (Å²) in [5.41, 5.74) is 0.829. The number of aliphatic hydroxyl groups excluding tert-OH is 1. The summed E-state index contributed by atoms with van der Waals surface area (Å²) in [4.78, 5) is 12.4. The van der Waals surface area contributed by atoms with Crippen molar-refractivity contribution in [2.75, 3.05) is 13.2 Å². The van der Waals surface area contributed by atoms with Crippen molar-refractivity contribution >= 4 is 16.7 Å². The van der Waals surface area contributed by atoms with E-state index >= 15 is 0 Å². The fraction of sp³-hybridized carbons (Fsp3) is 0.476. The fourth-order valence-electron chi connectivity index (χ4n) is 3.52. The predicted molar refractivity (Wildman–Crippen MR) is 99.3 cm³/mol. The number of rotatable bonds is 6. The topological polar surface area (TPSA) is 58.6 Å². The molecule has 4 nitrogen and oxygen atoms in total. The summed E-state index contributed by atoms with van der Waals surface area (Å²) in [5.74, 6) is 0.0262. The second kappa shape index (κ2) is 8.45. The van der Waals surface area contributed by atoms with Crippen LogP contribution in [0.5, 0.6) is 0 Å². The highest BCUT2D eigenvalue weighted by atomic mass is 16.5. The molecular weight excluding hydrogens is 314 g/mol. The summed E-state index contributed by atoms with van der Waals surface area (Å²) in [6.07, 6.45) is 3.12. The Morgan fingerprint density at radius 2 is 2.08 bits per heavy atom. The van der Waals surface area contributed by atoms with Crippen LogP contribution in [0, 0.1) is 5.92 Å². The van der Waals surface area contributed by atoms with E-state index in [9.17, 15) is 9.90 Å². The third kappa shape index (κ3) is 4.59. The summed E-state index contributed by atoms with van der Waals surface area (Å²) in [5, 5.41) is 15.6. The summed E-state index contributed by atoms with van der Waals surface area (Å²) < 4.78 is 5.71. The molecule has 3 atom stereocenters. The zero-order valence-electron chi connectivity index (χ0n) is 14.8. The summed E-state index contributed by atoms with van der Waals surface area (Å²) in [6.45, 7) is 3.02. The highest BCUT2D eigenvalue weighted by Crippen LogP contribution is 2.24. The number of benzene rings is 2. The number of ether oxygens (including phenoxy) is 1. The lowest BCUT2D eigenvalue weighted by molar-refractivity contribution is -0.130. The number of amides is 1. The lowest BCUT2D eigenvalue weighted by Gasteiger charge is -2.29. The lowest BCUT2D eigenvalue weighted by atomic mass is 9.92. The molecule has 1 aliphatic heterocycles. The van der Waals surface area contributed by atoms with E-state index in [-0.39, 0.29) is 24.5 Å². The smallest absolute Gasteiger partial charge is 0.223 e. The van der Waals surface area contributed by atoms with Crippen molar-refractivity contribution in [3.05, 3.63) is 48.0 Å². The van der Waals surface area contributed by atoms with Crippen molar-refractivity contribution in [3.63, 3.8) is 0 Å². The van der Waals surface area contributed by atoms with Gasteiger partial charge in [0.05, 0.1) is 12.2 Å². The molecular formula is C21H27NO3. The highest BCUT2D eigenvalue weighted by Gasteiger charge is 2.27. The van der Waals surface area contributed by atoms with Gasteiger partial charge in [0, 0.05) is 19.1 Å². The Hall–Kier alpha value is -1.91. The monoisotopic (exact) mass is 341 g/mol. The molecule has 0 spiro atoms. The quantitative estimate of drug-likeness (QED) is 0.844. The molecule has 3 unspecified atom stereocenters. The van der Waals surface area contributed by atoms with E-state index in [0.29, 0.717) is 6.61 Å². The third-order valence-corrected chi connectivity index (χ3v) is 4.98. The minimum Gasteiger partial charge on any atom is -0.387 e. The van der Waals surface area contributed by atoms with Crippen LogP contribution in [0.4, 0.5) is 0 Å². The zero-order valence-corrected chi connectivity index (χ0v) is 14.8. The van der Waals surface area contributed by atoms with Crippen LogP contribution in [0.3, 0.4) is 0 Å². The first kappa shape index (κ1) is 17.9. The van der Waals surface area contributed by atoms with Gasteiger partial charge in [-0.1, -0.05) is 49.7 Å². The normalized spacial score (nSPS) is 21.8. The van der Waals surface area contributed by atoms with E-state index in [1.54, 1.807) is 0 Å². The SMILES string of the molecule is CCCC1CC(C(=O)NCC(O)c2ccc3ccccc3c2)CCO1. The second-order valence-electron chi connectivity index (χ2n) is 6.87. The number of carbonyl (C=O) groups excluding carboxylic acids is 1. The number of hydrogen-bond acceptors (Lipinski definition) is 3. The van der Waals surface area contributed by atoms with Crippen LogP contribution < -0.4 is 5.32 Å². The van der Waals surface area contributed by atoms with Crippen LogP contribution in [0.2, 0.25) is 0 Å². The van der Waals surface area contributed by atoms with Gasteiger partial charge in [-0.15, -0.1) is 0 Å². The molecule has 2 aromatic rings. The first-order valence-corrected chi connectivity index (χ1v) is 9.23. The number of carbonyl (C=O) groups is 1. The van der Waals surface area contributed by atoms with Gasteiger partial charge in [-0.3, -0.25) is 4.79 Å². The van der Waals surface area contributed by atoms with Crippen LogP contribution in [-0.2, 0) is 9.53 Å². The van der Waals surface area contributed by atoms with Gasteiger partial charge in [-0.05, 0) is 41.7 Å². The van der Waals surface area contributed by atoms with E-state index in [4.69, 9.17) is 4.74 Å². The zero-order chi connectivity index (χ0) is 17.6. The summed E-state index contributed by atoms with van der Waals surface area (Å²) in [7, 11) is 0. The van der Waals surface area contributed by atoms with Crippen molar-refractivity contribution in [1.29, 1.82) is 0 Å². The van der Waals surface area contributed by atoms with Gasteiger partial charge in [-0.2, -0.15) is 0 Å². The Morgan fingerprint density at radius 3 is 2.88 bits per heavy atom. The third-order valence-electron chi connectivity index (χ3n) is 4.98. The molecule has 4 heteroatoms. The van der Waals surface area contributed by atoms with Gasteiger partial charge < -0.3 is 15.2 Å². The van der Waals surface area contributed by atoms with Gasteiger partial charge >= 0.3 is 0 Å². The molecule has 0 radical (unpaired) electrons. The second-order valence-corrected chi connectivity index (χ2v) is 6.87. The maximum Gasteiger partial charge on any atom is 0.223 e. The van der Waals surface area contributed by atoms with Crippen molar-refractivity contribution in [2.24, 2.45) is 5.92 Å². The highest BCUT2D eigenvalue weighted by molar-refractivity contribution is 5.83. The van der Waals surface area contributed by atoms with E-state index in [1.807, 2.05) is 42.5 Å². The van der Waals surface area contributed by atoms with E-state index in [2.05, 4.69) is 12.2 Å². The van der Waals surface area contributed by atoms with Crippen molar-refractivity contribution in [3.8, 4) is 0 Å². The van der Waals surface area contributed by atoms with Gasteiger partial charge in [0.25, 0.3) is 0 Å². The Kier molecular flexibility index (Phi) is 6.05. The molecule has 1 amide bonds. The van der Waals surface area contributed by atoms with Crippen molar-refractivity contribution in [2.45, 2.75) is 44.8 Å². The Balaban J connectivity index is 1.55. The number of aliphatic hydroxyl groups is 1. The first-order chi connectivity index (χ1) is 12.2. The molecule has 2 N–H and O–H groups in total. The van der Waals surface area contributed by atoms with Crippen molar-refractivity contribution in [1.82, 2.24) is 5.32 Å². The summed E-state index contributed by atoms with van der Waals surface area (Å²) >= 11 is 0. The average Bonchev–Trinajstić information content (AvgIpc) is 2.66. The van der Waals surface area contributed by atoms with Crippen LogP contribution >= 0.6 is 0 Å². The first-order valence-electron chi connectivity index (χ1n) is 9.23. The standard InChI is InChI=1S/C21H27NO3/c1-2-5-19-13-18(10-11-25-19)21(24)22-14-20(23)17-9-8-15-6-3-4-7-16(15)12-17/h3-4,6-9,12,18-20,23H,2,5,10-11,13-14H2,1H3,(H,22,24). The molecule has 3 rings (SSSR count). The Morgan fingerprint density at radius 1 is 1.28 bits per heavy atom. The van der Waals surface area contributed by atoms with Crippen LogP contribution in [0.25, 0.3) is 10.8 Å². The molecule has 1 heterocycles. The number of nitrogens with one attached hydrogen (secondary N) is 1. The Labute approximate surface area is 149 Å². The van der Waals surface area contributed by atoms with Gasteiger partial charge in [-0.25, -0.2) is 0 Å². The Bertz CT molecular complexity index is 713. The molecule has 25 heavy (non-hydrogen) atoms. The molecule has 0 aliphatic carbocycles. The molecule has 1 aliphatic rings. The predicted octanol–water partition coefficient (Wildman–Crippen LogP) is 3.58. The maximum atomic E-state index is 12.4. The fourth-order valence-corrected chi connectivity index (χ4v) is 3.52. The number of fused-ring (bicyclic) bond motifs is 1. The van der Waals surface area contributed by atoms with Crippen LogP contribution in [0.1, 0.15) is 44.3 Å². The largest absolute Gasteiger partial charge is 0.387 e.